The second-order valence-corrected chi connectivity index (χ2v) is 8.93. The van der Waals surface area contributed by atoms with Crippen molar-refractivity contribution in [1.29, 1.82) is 0 Å². The quantitative estimate of drug-likeness (QED) is 0.494. The molecule has 1 heterocycles. The number of non-ortho nitro benzene ring substituents is 1. The fourth-order valence-corrected chi connectivity index (χ4v) is 4.61. The summed E-state index contributed by atoms with van der Waals surface area (Å²) in [4.78, 5) is 9.86. The molecule has 0 atom stereocenters. The third-order valence-corrected chi connectivity index (χ3v) is 6.59. The van der Waals surface area contributed by atoms with Crippen LogP contribution in [0.1, 0.15) is 0 Å². The molecule has 0 saturated carbocycles. The molecule has 0 aliphatic heterocycles. The number of hydrogen-bond donors (Lipinski definition) is 1. The van der Waals surface area contributed by atoms with Gasteiger partial charge < -0.3 is 0 Å². The van der Waals surface area contributed by atoms with Crippen molar-refractivity contribution >= 4 is 31.4 Å². The van der Waals surface area contributed by atoms with Crippen LogP contribution >= 0.6 is 0 Å². The predicted octanol–water partition coefficient (Wildman–Crippen LogP) is 2.43. The Balaban J connectivity index is 1.91. The minimum Gasteiger partial charge on any atom is -0.279 e. The van der Waals surface area contributed by atoms with Crippen LogP contribution in [0.2, 0.25) is 0 Å². The lowest BCUT2D eigenvalue weighted by molar-refractivity contribution is -0.384. The molecule has 0 amide bonds. The topological polar surface area (TPSA) is 128 Å². The maximum Gasteiger partial charge on any atom is 0.271 e. The molecule has 140 valence electrons. The van der Waals surface area contributed by atoms with Crippen molar-refractivity contribution in [3.05, 3.63) is 83.2 Å². The third-order valence-electron chi connectivity index (χ3n) is 3.58. The Morgan fingerprint density at radius 1 is 0.889 bits per heavy atom. The molecular formula is C16H13N3O6S2. The molecule has 0 spiro atoms. The molecule has 0 saturated heterocycles. The Morgan fingerprint density at radius 2 is 1.59 bits per heavy atom. The van der Waals surface area contributed by atoms with Crippen LogP contribution in [0.15, 0.2) is 82.8 Å². The SMILES string of the molecule is O=[N+]([O-])c1cccc(NS(=O)(=O)c2ccn(S(=O)(=O)c3ccccc3)c2)c1. The van der Waals surface area contributed by atoms with Crippen LogP contribution in [-0.4, -0.2) is 25.7 Å². The first-order valence-corrected chi connectivity index (χ1v) is 10.4. The fourth-order valence-electron chi connectivity index (χ4n) is 2.28. The molecule has 0 bridgehead atoms. The molecule has 3 aromatic rings. The maximum atomic E-state index is 12.5. The highest BCUT2D eigenvalue weighted by Crippen LogP contribution is 2.22. The van der Waals surface area contributed by atoms with Crippen molar-refractivity contribution < 1.29 is 21.8 Å². The Hall–Kier alpha value is -3.18. The van der Waals surface area contributed by atoms with E-state index >= 15 is 0 Å². The summed E-state index contributed by atoms with van der Waals surface area (Å²) in [7, 11) is -8.07. The van der Waals surface area contributed by atoms with E-state index in [4.69, 9.17) is 0 Å². The van der Waals surface area contributed by atoms with Crippen LogP contribution in [0.25, 0.3) is 0 Å². The predicted molar refractivity (Wildman–Crippen MR) is 97.4 cm³/mol. The molecule has 1 aromatic heterocycles. The minimum absolute atomic E-state index is 0.0104. The van der Waals surface area contributed by atoms with E-state index in [1.165, 1.54) is 30.3 Å². The summed E-state index contributed by atoms with van der Waals surface area (Å²) in [6, 6.07) is 13.7. The van der Waals surface area contributed by atoms with Gasteiger partial charge in [-0.1, -0.05) is 24.3 Å². The molecule has 3 rings (SSSR count). The Kier molecular flexibility index (Phi) is 4.72. The fraction of sp³-hybridized carbons (Fsp3) is 0. The van der Waals surface area contributed by atoms with Crippen LogP contribution in [0.3, 0.4) is 0 Å². The van der Waals surface area contributed by atoms with Gasteiger partial charge in [-0.25, -0.2) is 20.8 Å². The van der Waals surface area contributed by atoms with E-state index in [1.807, 2.05) is 0 Å². The molecule has 9 nitrogen and oxygen atoms in total. The van der Waals surface area contributed by atoms with Gasteiger partial charge in [-0.15, -0.1) is 0 Å². The van der Waals surface area contributed by atoms with Crippen LogP contribution in [0, 0.1) is 10.1 Å². The van der Waals surface area contributed by atoms with Crippen LogP contribution < -0.4 is 4.72 Å². The normalized spacial score (nSPS) is 11.9. The highest BCUT2D eigenvalue weighted by molar-refractivity contribution is 7.93. The summed E-state index contributed by atoms with van der Waals surface area (Å²) in [6.07, 6.45) is 2.08. The first-order chi connectivity index (χ1) is 12.7. The molecule has 11 heteroatoms. The number of hydrogen-bond acceptors (Lipinski definition) is 6. The molecular weight excluding hydrogens is 394 g/mol. The number of nitrogens with one attached hydrogen (secondary N) is 1. The average Bonchev–Trinajstić information content (AvgIpc) is 3.14. The largest absolute Gasteiger partial charge is 0.279 e. The molecule has 0 radical (unpaired) electrons. The monoisotopic (exact) mass is 407 g/mol. The molecule has 1 N–H and O–H groups in total. The Bertz CT molecular complexity index is 1200. The van der Waals surface area contributed by atoms with Crippen LogP contribution in [0.4, 0.5) is 11.4 Å². The summed E-state index contributed by atoms with van der Waals surface area (Å²) >= 11 is 0. The van der Waals surface area contributed by atoms with Gasteiger partial charge in [-0.2, -0.15) is 0 Å². The van der Waals surface area contributed by atoms with E-state index in [0.29, 0.717) is 0 Å². The van der Waals surface area contributed by atoms with E-state index in [-0.39, 0.29) is 21.2 Å². The molecule has 0 fully saturated rings. The Labute approximate surface area is 155 Å². The number of sulfonamides is 1. The van der Waals surface area contributed by atoms with Crippen LogP contribution in [0.5, 0.6) is 0 Å². The van der Waals surface area contributed by atoms with E-state index in [2.05, 4.69) is 4.72 Å². The van der Waals surface area contributed by atoms with Gasteiger partial charge in [-0.3, -0.25) is 14.8 Å². The molecule has 2 aromatic carbocycles. The number of nitro groups is 1. The smallest absolute Gasteiger partial charge is 0.271 e. The standard InChI is InChI=1S/C16H13N3O6S2/c20-19(21)14-6-4-5-13(11-14)17-26(22,23)16-9-10-18(12-16)27(24,25)15-7-2-1-3-8-15/h1-12,17H. The van der Waals surface area contributed by atoms with Gasteiger partial charge >= 0.3 is 0 Å². The lowest BCUT2D eigenvalue weighted by Crippen LogP contribution is -2.14. The van der Waals surface area contributed by atoms with Crippen molar-refractivity contribution in [2.45, 2.75) is 9.79 Å². The van der Waals surface area contributed by atoms with E-state index in [9.17, 15) is 26.9 Å². The van der Waals surface area contributed by atoms with Gasteiger partial charge in [0.1, 0.15) is 4.90 Å². The van der Waals surface area contributed by atoms with Gasteiger partial charge in [0.25, 0.3) is 25.7 Å². The van der Waals surface area contributed by atoms with Crippen molar-refractivity contribution in [2.75, 3.05) is 4.72 Å². The van der Waals surface area contributed by atoms with Gasteiger partial charge in [0, 0.05) is 24.5 Å². The lowest BCUT2D eigenvalue weighted by Gasteiger charge is -2.07. The molecule has 0 aliphatic carbocycles. The number of nitro benzene ring substituents is 1. The molecule has 0 aliphatic rings. The Morgan fingerprint density at radius 3 is 2.26 bits per heavy atom. The summed E-state index contributed by atoms with van der Waals surface area (Å²) in [5.74, 6) is 0. The van der Waals surface area contributed by atoms with Gasteiger partial charge in [0.15, 0.2) is 0 Å². The third kappa shape index (κ3) is 3.83. The summed E-state index contributed by atoms with van der Waals surface area (Å²) < 4.78 is 53.0. The number of rotatable bonds is 6. The van der Waals surface area contributed by atoms with E-state index < -0.39 is 25.0 Å². The maximum absolute atomic E-state index is 12.5. The van der Waals surface area contributed by atoms with Crippen LogP contribution in [-0.2, 0) is 20.0 Å². The zero-order valence-corrected chi connectivity index (χ0v) is 15.2. The van der Waals surface area contributed by atoms with Gasteiger partial charge in [0.2, 0.25) is 0 Å². The number of benzene rings is 2. The minimum atomic E-state index is -4.14. The first kappa shape index (κ1) is 18.6. The molecule has 27 heavy (non-hydrogen) atoms. The van der Waals surface area contributed by atoms with Crippen molar-refractivity contribution in [2.24, 2.45) is 0 Å². The summed E-state index contributed by atoms with van der Waals surface area (Å²) in [5.41, 5.74) is -0.290. The van der Waals surface area contributed by atoms with Crippen molar-refractivity contribution in [1.82, 2.24) is 3.97 Å². The van der Waals surface area contributed by atoms with Gasteiger partial charge in [-0.05, 0) is 24.3 Å². The first-order valence-electron chi connectivity index (χ1n) is 7.46. The second-order valence-electron chi connectivity index (χ2n) is 5.41. The number of aromatic nitrogens is 1. The van der Waals surface area contributed by atoms with E-state index in [0.717, 1.165) is 28.5 Å². The lowest BCUT2D eigenvalue weighted by atomic mass is 10.3. The number of nitrogens with zero attached hydrogens (tertiary/aromatic N) is 2. The average molecular weight is 407 g/mol. The molecule has 0 unspecified atom stereocenters. The zero-order valence-electron chi connectivity index (χ0n) is 13.6. The van der Waals surface area contributed by atoms with E-state index in [1.54, 1.807) is 18.2 Å². The van der Waals surface area contributed by atoms with Crippen molar-refractivity contribution in [3.8, 4) is 0 Å². The highest BCUT2D eigenvalue weighted by Gasteiger charge is 2.22. The number of anilines is 1. The highest BCUT2D eigenvalue weighted by atomic mass is 32.2. The van der Waals surface area contributed by atoms with Gasteiger partial charge in [0.05, 0.1) is 15.5 Å². The van der Waals surface area contributed by atoms with Crippen molar-refractivity contribution in [3.63, 3.8) is 0 Å². The zero-order chi connectivity index (χ0) is 19.7. The second kappa shape index (κ2) is 6.85. The summed E-state index contributed by atoms with van der Waals surface area (Å²) in [6.45, 7) is 0. The summed E-state index contributed by atoms with van der Waals surface area (Å²) in [5, 5.41) is 10.8.